The Bertz CT molecular complexity index is 664. The molecule has 0 radical (unpaired) electrons. The molecule has 0 saturated heterocycles. The first-order chi connectivity index (χ1) is 9.08. The molecule has 19 heavy (non-hydrogen) atoms. The number of aryl methyl sites for hydroxylation is 1. The Morgan fingerprint density at radius 2 is 1.95 bits per heavy atom. The standard InChI is InChI=1S/C14H14BrNO3/c1-8-6-9(7-16-14(8)17)10-4-5-11(18-2)12(15)13(10)19-3/h4-7H,1-3H3,(H,16,17). The Hall–Kier alpha value is -1.75. The smallest absolute Gasteiger partial charge is 0.250 e. The van der Waals surface area contributed by atoms with Gasteiger partial charge in [0.25, 0.3) is 5.56 Å². The maximum Gasteiger partial charge on any atom is 0.250 e. The molecule has 0 spiro atoms. The van der Waals surface area contributed by atoms with Crippen molar-refractivity contribution in [2.45, 2.75) is 6.92 Å². The second-order valence-corrected chi connectivity index (χ2v) is 4.86. The highest BCUT2D eigenvalue weighted by Crippen LogP contribution is 2.41. The molecule has 0 aliphatic carbocycles. The normalized spacial score (nSPS) is 10.3. The number of aromatic amines is 1. The number of ether oxygens (including phenoxy) is 2. The minimum atomic E-state index is -0.0877. The minimum absolute atomic E-state index is 0.0877. The summed E-state index contributed by atoms with van der Waals surface area (Å²) in [6, 6.07) is 5.58. The monoisotopic (exact) mass is 323 g/mol. The summed E-state index contributed by atoms with van der Waals surface area (Å²) in [6.45, 7) is 1.77. The maximum absolute atomic E-state index is 11.4. The Morgan fingerprint density at radius 1 is 1.21 bits per heavy atom. The second kappa shape index (κ2) is 5.48. The Morgan fingerprint density at radius 3 is 2.53 bits per heavy atom. The van der Waals surface area contributed by atoms with Gasteiger partial charge in [-0.05, 0) is 41.1 Å². The summed E-state index contributed by atoms with van der Waals surface area (Å²) in [6.07, 6.45) is 1.67. The van der Waals surface area contributed by atoms with Crippen molar-refractivity contribution in [3.05, 3.63) is 44.8 Å². The van der Waals surface area contributed by atoms with Crippen molar-refractivity contribution < 1.29 is 9.47 Å². The molecule has 1 N–H and O–H groups in total. The highest BCUT2D eigenvalue weighted by Gasteiger charge is 2.14. The van der Waals surface area contributed by atoms with E-state index >= 15 is 0 Å². The van der Waals surface area contributed by atoms with E-state index in [0.717, 1.165) is 15.6 Å². The van der Waals surface area contributed by atoms with E-state index in [1.54, 1.807) is 27.3 Å². The third-order valence-electron chi connectivity index (χ3n) is 2.89. The van der Waals surface area contributed by atoms with Crippen molar-refractivity contribution in [3.63, 3.8) is 0 Å². The third kappa shape index (κ3) is 2.51. The SMILES string of the molecule is COc1ccc(-c2c[nH]c(=O)c(C)c2)c(OC)c1Br. The van der Waals surface area contributed by atoms with Crippen LogP contribution in [0, 0.1) is 6.92 Å². The van der Waals surface area contributed by atoms with Crippen LogP contribution in [0.2, 0.25) is 0 Å². The molecule has 5 heteroatoms. The van der Waals surface area contributed by atoms with Crippen LogP contribution < -0.4 is 15.0 Å². The number of benzene rings is 1. The number of halogens is 1. The fourth-order valence-corrected chi connectivity index (χ4v) is 2.55. The van der Waals surface area contributed by atoms with Gasteiger partial charge in [-0.25, -0.2) is 0 Å². The number of rotatable bonds is 3. The van der Waals surface area contributed by atoms with E-state index in [9.17, 15) is 4.79 Å². The molecule has 1 aromatic heterocycles. The van der Waals surface area contributed by atoms with Gasteiger partial charge < -0.3 is 14.5 Å². The molecule has 0 saturated carbocycles. The van der Waals surface area contributed by atoms with Crippen LogP contribution in [0.4, 0.5) is 0 Å². The van der Waals surface area contributed by atoms with Crippen molar-refractivity contribution >= 4 is 15.9 Å². The summed E-state index contributed by atoms with van der Waals surface area (Å²) in [5.74, 6) is 1.37. The number of hydrogen-bond donors (Lipinski definition) is 1. The average Bonchev–Trinajstić information content (AvgIpc) is 2.41. The highest BCUT2D eigenvalue weighted by molar-refractivity contribution is 9.10. The molecule has 1 aromatic carbocycles. The fraction of sp³-hybridized carbons (Fsp3) is 0.214. The number of pyridine rings is 1. The molecule has 0 aliphatic heterocycles. The summed E-state index contributed by atoms with van der Waals surface area (Å²) in [4.78, 5) is 14.1. The van der Waals surface area contributed by atoms with E-state index in [1.807, 2.05) is 18.2 Å². The lowest BCUT2D eigenvalue weighted by Gasteiger charge is -2.13. The molecule has 0 atom stereocenters. The van der Waals surface area contributed by atoms with Crippen molar-refractivity contribution in [1.82, 2.24) is 4.98 Å². The van der Waals surface area contributed by atoms with Gasteiger partial charge in [0.05, 0.1) is 14.2 Å². The molecule has 0 bridgehead atoms. The predicted molar refractivity (Wildman–Crippen MR) is 78.0 cm³/mol. The van der Waals surface area contributed by atoms with Crippen LogP contribution in [-0.2, 0) is 0 Å². The minimum Gasteiger partial charge on any atom is -0.495 e. The van der Waals surface area contributed by atoms with Crippen LogP contribution in [0.5, 0.6) is 11.5 Å². The summed E-state index contributed by atoms with van der Waals surface area (Å²) in [5, 5.41) is 0. The van der Waals surface area contributed by atoms with Gasteiger partial charge in [0, 0.05) is 22.9 Å². The van der Waals surface area contributed by atoms with E-state index < -0.39 is 0 Å². The number of methoxy groups -OCH3 is 2. The summed E-state index contributed by atoms with van der Waals surface area (Å²) in [7, 11) is 3.20. The van der Waals surface area contributed by atoms with Crippen molar-refractivity contribution in [1.29, 1.82) is 0 Å². The first-order valence-electron chi connectivity index (χ1n) is 5.68. The number of hydrogen-bond acceptors (Lipinski definition) is 3. The van der Waals surface area contributed by atoms with Crippen LogP contribution in [0.3, 0.4) is 0 Å². The van der Waals surface area contributed by atoms with E-state index in [4.69, 9.17) is 9.47 Å². The van der Waals surface area contributed by atoms with E-state index in [0.29, 0.717) is 17.1 Å². The Labute approximate surface area is 119 Å². The van der Waals surface area contributed by atoms with Crippen LogP contribution in [-0.4, -0.2) is 19.2 Å². The van der Waals surface area contributed by atoms with Crippen LogP contribution in [0.15, 0.2) is 33.7 Å². The Balaban J connectivity index is 2.65. The molecule has 2 aromatic rings. The number of aromatic nitrogens is 1. The lowest BCUT2D eigenvalue weighted by Crippen LogP contribution is -2.08. The van der Waals surface area contributed by atoms with E-state index in [1.165, 1.54) is 0 Å². The average molecular weight is 324 g/mol. The molecule has 0 unspecified atom stereocenters. The summed E-state index contributed by atoms with van der Waals surface area (Å²) in [5.41, 5.74) is 2.34. The zero-order valence-electron chi connectivity index (χ0n) is 10.9. The molecule has 1 heterocycles. The molecule has 0 fully saturated rings. The number of nitrogens with one attached hydrogen (secondary N) is 1. The second-order valence-electron chi connectivity index (χ2n) is 4.06. The molecule has 2 rings (SSSR count). The molecular weight excluding hydrogens is 310 g/mol. The van der Waals surface area contributed by atoms with Gasteiger partial charge >= 0.3 is 0 Å². The largest absolute Gasteiger partial charge is 0.495 e. The zero-order valence-corrected chi connectivity index (χ0v) is 12.5. The first kappa shape index (κ1) is 13.7. The predicted octanol–water partition coefficient (Wildman–Crippen LogP) is 3.13. The van der Waals surface area contributed by atoms with Crippen LogP contribution in [0.1, 0.15) is 5.56 Å². The van der Waals surface area contributed by atoms with Crippen molar-refractivity contribution in [3.8, 4) is 22.6 Å². The summed E-state index contributed by atoms with van der Waals surface area (Å²) >= 11 is 3.46. The fourth-order valence-electron chi connectivity index (χ4n) is 1.88. The molecular formula is C14H14BrNO3. The molecule has 0 aliphatic rings. The van der Waals surface area contributed by atoms with Gasteiger partial charge in [-0.15, -0.1) is 0 Å². The van der Waals surface area contributed by atoms with Crippen molar-refractivity contribution in [2.24, 2.45) is 0 Å². The molecule has 100 valence electrons. The van der Waals surface area contributed by atoms with Gasteiger partial charge in [0.1, 0.15) is 16.0 Å². The van der Waals surface area contributed by atoms with E-state index in [-0.39, 0.29) is 5.56 Å². The quantitative estimate of drug-likeness (QED) is 0.944. The van der Waals surface area contributed by atoms with Crippen LogP contribution >= 0.6 is 15.9 Å². The molecule has 4 nitrogen and oxygen atoms in total. The van der Waals surface area contributed by atoms with Crippen LogP contribution in [0.25, 0.3) is 11.1 Å². The van der Waals surface area contributed by atoms with Gasteiger partial charge in [-0.2, -0.15) is 0 Å². The van der Waals surface area contributed by atoms with Gasteiger partial charge in [0.15, 0.2) is 0 Å². The zero-order chi connectivity index (χ0) is 14.0. The lowest BCUT2D eigenvalue weighted by atomic mass is 10.0. The highest BCUT2D eigenvalue weighted by atomic mass is 79.9. The van der Waals surface area contributed by atoms with Gasteiger partial charge in [0.2, 0.25) is 0 Å². The van der Waals surface area contributed by atoms with Crippen molar-refractivity contribution in [2.75, 3.05) is 14.2 Å². The maximum atomic E-state index is 11.4. The van der Waals surface area contributed by atoms with Gasteiger partial charge in [-0.3, -0.25) is 4.79 Å². The third-order valence-corrected chi connectivity index (χ3v) is 3.64. The summed E-state index contributed by atoms with van der Waals surface area (Å²) < 4.78 is 11.4. The van der Waals surface area contributed by atoms with E-state index in [2.05, 4.69) is 20.9 Å². The Kier molecular flexibility index (Phi) is 3.95. The lowest BCUT2D eigenvalue weighted by molar-refractivity contribution is 0.390. The first-order valence-corrected chi connectivity index (χ1v) is 6.48. The molecule has 0 amide bonds. The topological polar surface area (TPSA) is 51.3 Å². The van der Waals surface area contributed by atoms with Gasteiger partial charge in [-0.1, -0.05) is 0 Å². The number of H-pyrrole nitrogens is 1.